The van der Waals surface area contributed by atoms with Gasteiger partial charge in [-0.3, -0.25) is 4.79 Å². The molecule has 19 heavy (non-hydrogen) atoms. The maximum Gasteiger partial charge on any atom is 0.200 e. The Balaban J connectivity index is 2.28. The monoisotopic (exact) mass is 274 g/mol. The highest BCUT2D eigenvalue weighted by atomic mass is 35.5. The summed E-state index contributed by atoms with van der Waals surface area (Å²) in [4.78, 5) is 12.3. The highest BCUT2D eigenvalue weighted by molar-refractivity contribution is 6.30. The molecule has 2 aromatic carbocycles. The molecule has 0 amide bonds. The summed E-state index contributed by atoms with van der Waals surface area (Å²) in [5.41, 5.74) is 1.17. The molecule has 0 bridgehead atoms. The van der Waals surface area contributed by atoms with Gasteiger partial charge >= 0.3 is 0 Å². The van der Waals surface area contributed by atoms with E-state index in [2.05, 4.69) is 0 Å². The molecule has 0 saturated heterocycles. The van der Waals surface area contributed by atoms with Crippen molar-refractivity contribution in [3.63, 3.8) is 0 Å². The molecule has 0 aliphatic rings. The van der Waals surface area contributed by atoms with Crippen LogP contribution in [-0.4, -0.2) is 0 Å². The maximum absolute atomic E-state index is 13.2. The van der Waals surface area contributed by atoms with Gasteiger partial charge in [-0.05, 0) is 35.9 Å². The van der Waals surface area contributed by atoms with Gasteiger partial charge in [0.15, 0.2) is 0 Å². The lowest BCUT2D eigenvalue weighted by Crippen LogP contribution is -2.04. The van der Waals surface area contributed by atoms with Gasteiger partial charge in [0.25, 0.3) is 0 Å². The number of hydrogen-bond donors (Lipinski definition) is 0. The molecule has 94 valence electrons. The van der Waals surface area contributed by atoms with Crippen molar-refractivity contribution in [1.29, 1.82) is 0 Å². The Kier molecular flexibility index (Phi) is 2.84. The second-order valence-electron chi connectivity index (χ2n) is 4.13. The summed E-state index contributed by atoms with van der Waals surface area (Å²) in [7, 11) is 0. The van der Waals surface area contributed by atoms with Crippen LogP contribution in [0.2, 0.25) is 5.02 Å². The van der Waals surface area contributed by atoms with Gasteiger partial charge in [-0.2, -0.15) is 0 Å². The zero-order valence-corrected chi connectivity index (χ0v) is 10.4. The largest absolute Gasteiger partial charge is 0.463 e. The fraction of sp³-hybridized carbons (Fsp3) is 0. The van der Waals surface area contributed by atoms with E-state index in [9.17, 15) is 9.18 Å². The minimum Gasteiger partial charge on any atom is -0.463 e. The first kappa shape index (κ1) is 11.9. The van der Waals surface area contributed by atoms with Gasteiger partial charge < -0.3 is 4.42 Å². The molecule has 3 rings (SSSR count). The lowest BCUT2D eigenvalue weighted by atomic mass is 10.1. The first-order valence-corrected chi connectivity index (χ1v) is 6.00. The van der Waals surface area contributed by atoms with Crippen LogP contribution in [0.4, 0.5) is 4.39 Å². The fourth-order valence-corrected chi connectivity index (χ4v) is 2.06. The molecule has 0 atom stereocenters. The van der Waals surface area contributed by atoms with Crippen molar-refractivity contribution in [2.45, 2.75) is 0 Å². The van der Waals surface area contributed by atoms with Gasteiger partial charge in [0.2, 0.25) is 5.43 Å². The average molecular weight is 275 g/mol. The van der Waals surface area contributed by atoms with Gasteiger partial charge in [0.05, 0.1) is 10.9 Å². The summed E-state index contributed by atoms with van der Waals surface area (Å²) in [5.74, 6) is -0.465. The predicted molar refractivity (Wildman–Crippen MR) is 72.9 cm³/mol. The van der Waals surface area contributed by atoms with E-state index in [1.165, 1.54) is 24.5 Å². The Morgan fingerprint density at radius 2 is 1.79 bits per heavy atom. The molecule has 0 radical (unpaired) electrons. The second-order valence-corrected chi connectivity index (χ2v) is 4.56. The Labute approximate surface area is 113 Å². The molecule has 0 aliphatic heterocycles. The van der Waals surface area contributed by atoms with E-state index in [1.54, 1.807) is 24.3 Å². The summed E-state index contributed by atoms with van der Waals surface area (Å²) in [6, 6.07) is 10.7. The fourth-order valence-electron chi connectivity index (χ4n) is 1.93. The number of halogens is 2. The van der Waals surface area contributed by atoms with Crippen molar-refractivity contribution in [2.24, 2.45) is 0 Å². The van der Waals surface area contributed by atoms with E-state index >= 15 is 0 Å². The molecule has 0 unspecified atom stereocenters. The summed E-state index contributed by atoms with van der Waals surface area (Å²) in [6.45, 7) is 0. The number of fused-ring (bicyclic) bond motifs is 1. The molecule has 0 spiro atoms. The second kappa shape index (κ2) is 4.52. The van der Waals surface area contributed by atoms with Crippen LogP contribution in [0.3, 0.4) is 0 Å². The minimum absolute atomic E-state index is 0.229. The summed E-state index contributed by atoms with van der Waals surface area (Å²) in [6.07, 6.45) is 1.38. The predicted octanol–water partition coefficient (Wildman–Crippen LogP) is 4.25. The van der Waals surface area contributed by atoms with Crippen LogP contribution in [0.1, 0.15) is 0 Å². The third-order valence-corrected chi connectivity index (χ3v) is 3.14. The molecule has 0 fully saturated rings. The van der Waals surface area contributed by atoms with E-state index in [0.29, 0.717) is 21.7 Å². The van der Waals surface area contributed by atoms with Crippen LogP contribution in [0.25, 0.3) is 22.1 Å². The van der Waals surface area contributed by atoms with Crippen molar-refractivity contribution < 1.29 is 8.81 Å². The van der Waals surface area contributed by atoms with E-state index in [1.807, 2.05) is 0 Å². The van der Waals surface area contributed by atoms with Gasteiger partial charge in [0.1, 0.15) is 17.7 Å². The number of rotatable bonds is 1. The van der Waals surface area contributed by atoms with Crippen LogP contribution < -0.4 is 5.43 Å². The third kappa shape index (κ3) is 2.13. The third-order valence-electron chi connectivity index (χ3n) is 2.89. The lowest BCUT2D eigenvalue weighted by molar-refractivity contribution is 0.598. The molecule has 4 heteroatoms. The van der Waals surface area contributed by atoms with Crippen molar-refractivity contribution in [3.8, 4) is 11.1 Å². The first-order valence-electron chi connectivity index (χ1n) is 5.62. The Morgan fingerprint density at radius 1 is 1.05 bits per heavy atom. The highest BCUT2D eigenvalue weighted by Crippen LogP contribution is 2.21. The average Bonchev–Trinajstić information content (AvgIpc) is 2.41. The maximum atomic E-state index is 13.2. The van der Waals surface area contributed by atoms with Gasteiger partial charge in [-0.15, -0.1) is 0 Å². The molecule has 1 aromatic heterocycles. The highest BCUT2D eigenvalue weighted by Gasteiger charge is 2.09. The number of hydrogen-bond acceptors (Lipinski definition) is 2. The standard InChI is InChI=1S/C15H8ClFO2/c16-10-3-1-9(2-4-10)13-8-19-14-6-5-11(17)7-12(14)15(13)18/h1-8H. The SMILES string of the molecule is O=c1c(-c2ccc(Cl)cc2)coc2ccc(F)cc12. The van der Waals surface area contributed by atoms with E-state index < -0.39 is 5.82 Å². The molecule has 0 N–H and O–H groups in total. The summed E-state index contributed by atoms with van der Waals surface area (Å²) >= 11 is 5.80. The van der Waals surface area contributed by atoms with E-state index in [4.69, 9.17) is 16.0 Å². The Hall–Kier alpha value is -2.13. The van der Waals surface area contributed by atoms with Gasteiger partial charge in [0, 0.05) is 5.02 Å². The van der Waals surface area contributed by atoms with Gasteiger partial charge in [-0.25, -0.2) is 4.39 Å². The molecular formula is C15H8ClFO2. The van der Waals surface area contributed by atoms with E-state index in [-0.39, 0.29) is 10.8 Å². The smallest absolute Gasteiger partial charge is 0.200 e. The Bertz CT molecular complexity index is 806. The van der Waals surface area contributed by atoms with Crippen LogP contribution in [-0.2, 0) is 0 Å². The van der Waals surface area contributed by atoms with Crippen LogP contribution in [0.15, 0.2) is 57.9 Å². The van der Waals surface area contributed by atoms with E-state index in [0.717, 1.165) is 0 Å². The van der Waals surface area contributed by atoms with Crippen molar-refractivity contribution in [2.75, 3.05) is 0 Å². The van der Waals surface area contributed by atoms with Crippen LogP contribution in [0, 0.1) is 5.82 Å². The topological polar surface area (TPSA) is 30.2 Å². The zero-order chi connectivity index (χ0) is 13.4. The molecular weight excluding hydrogens is 267 g/mol. The molecule has 0 aliphatic carbocycles. The summed E-state index contributed by atoms with van der Waals surface area (Å²) in [5, 5.41) is 0.812. The molecule has 0 saturated carbocycles. The minimum atomic E-state index is -0.465. The van der Waals surface area contributed by atoms with Crippen LogP contribution in [0.5, 0.6) is 0 Å². The quantitative estimate of drug-likeness (QED) is 0.664. The normalized spacial score (nSPS) is 10.8. The molecule has 2 nitrogen and oxygen atoms in total. The first-order chi connectivity index (χ1) is 9.15. The lowest BCUT2D eigenvalue weighted by Gasteiger charge is -2.03. The molecule has 1 heterocycles. The van der Waals surface area contributed by atoms with Crippen molar-refractivity contribution in [1.82, 2.24) is 0 Å². The number of benzene rings is 2. The molecule has 3 aromatic rings. The van der Waals surface area contributed by atoms with Crippen LogP contribution >= 0.6 is 11.6 Å². The zero-order valence-electron chi connectivity index (χ0n) is 9.69. The van der Waals surface area contributed by atoms with Crippen molar-refractivity contribution >= 4 is 22.6 Å². The summed E-state index contributed by atoms with van der Waals surface area (Å²) < 4.78 is 18.6. The Morgan fingerprint density at radius 3 is 2.53 bits per heavy atom. The van der Waals surface area contributed by atoms with Gasteiger partial charge in [-0.1, -0.05) is 23.7 Å². The van der Waals surface area contributed by atoms with Crippen molar-refractivity contribution in [3.05, 3.63) is 69.8 Å².